The molecule has 2 fully saturated rings. The predicted octanol–water partition coefficient (Wildman–Crippen LogP) is 2.27. The Labute approximate surface area is 137 Å². The van der Waals surface area contributed by atoms with Crippen LogP contribution in [0.2, 0.25) is 0 Å². The summed E-state index contributed by atoms with van der Waals surface area (Å²) in [6.45, 7) is 6.97. The third-order valence-electron chi connectivity index (χ3n) is 5.00. The zero-order chi connectivity index (χ0) is 16.4. The van der Waals surface area contributed by atoms with Gasteiger partial charge in [-0.2, -0.15) is 0 Å². The Hall–Kier alpha value is -1.59. The van der Waals surface area contributed by atoms with Crippen LogP contribution in [-0.4, -0.2) is 59.9 Å². The van der Waals surface area contributed by atoms with E-state index in [9.17, 15) is 9.90 Å². The second-order valence-corrected chi connectivity index (χ2v) is 7.19. The minimum absolute atomic E-state index is 0.0348. The van der Waals surface area contributed by atoms with Crippen LogP contribution in [0.3, 0.4) is 0 Å². The molecule has 0 aromatic heterocycles. The molecule has 1 N–H and O–H groups in total. The third kappa shape index (κ3) is 3.35. The van der Waals surface area contributed by atoms with Crippen LogP contribution < -0.4 is 0 Å². The molecule has 0 radical (unpaired) electrons. The lowest BCUT2D eigenvalue weighted by Gasteiger charge is -2.45. The van der Waals surface area contributed by atoms with Gasteiger partial charge < -0.3 is 19.6 Å². The van der Waals surface area contributed by atoms with E-state index in [0.29, 0.717) is 39.3 Å². The number of aliphatic hydroxyl groups is 1. The maximum Gasteiger partial charge on any atom is 0.320 e. The van der Waals surface area contributed by atoms with Gasteiger partial charge in [0, 0.05) is 25.0 Å². The van der Waals surface area contributed by atoms with Gasteiger partial charge in [-0.3, -0.25) is 0 Å². The Morgan fingerprint density at radius 3 is 2.70 bits per heavy atom. The van der Waals surface area contributed by atoms with E-state index < -0.39 is 0 Å². The average Bonchev–Trinajstić information content (AvgIpc) is 2.57. The van der Waals surface area contributed by atoms with Crippen molar-refractivity contribution in [2.24, 2.45) is 5.41 Å². The molecule has 3 rings (SSSR count). The highest BCUT2D eigenvalue weighted by Gasteiger charge is 2.39. The van der Waals surface area contributed by atoms with Crippen molar-refractivity contribution in [3.05, 3.63) is 35.9 Å². The van der Waals surface area contributed by atoms with Crippen molar-refractivity contribution >= 4 is 6.03 Å². The van der Waals surface area contributed by atoms with Gasteiger partial charge in [-0.15, -0.1) is 0 Å². The van der Waals surface area contributed by atoms with E-state index in [-0.39, 0.29) is 23.6 Å². The van der Waals surface area contributed by atoms with Crippen LogP contribution in [-0.2, 0) is 4.74 Å². The lowest BCUT2D eigenvalue weighted by molar-refractivity contribution is -0.0319. The van der Waals surface area contributed by atoms with Crippen molar-refractivity contribution in [3.8, 4) is 0 Å². The van der Waals surface area contributed by atoms with Crippen molar-refractivity contribution in [1.29, 1.82) is 0 Å². The summed E-state index contributed by atoms with van der Waals surface area (Å²) in [5.41, 5.74) is 0.847. The fourth-order valence-electron chi connectivity index (χ4n) is 3.47. The number of piperidine rings is 1. The highest BCUT2D eigenvalue weighted by molar-refractivity contribution is 5.75. The molecule has 2 aliphatic rings. The summed E-state index contributed by atoms with van der Waals surface area (Å²) in [7, 11) is 0. The van der Waals surface area contributed by atoms with Crippen molar-refractivity contribution in [2.75, 3.05) is 32.8 Å². The van der Waals surface area contributed by atoms with Crippen molar-refractivity contribution in [1.82, 2.24) is 9.80 Å². The second-order valence-electron chi connectivity index (χ2n) is 7.19. The standard InChI is InChI=1S/C18H26N2O3/c1-18(2)13-19(9-8-16(18)21)17(22)20-10-11-23-12-15(20)14-6-4-3-5-7-14/h3-7,15-16,21H,8-13H2,1-2H3/t15-,16-/m0/s1. The maximum absolute atomic E-state index is 13.0. The van der Waals surface area contributed by atoms with E-state index in [1.54, 1.807) is 0 Å². The molecule has 5 heteroatoms. The lowest BCUT2D eigenvalue weighted by Crippen LogP contribution is -2.56. The number of aliphatic hydroxyl groups excluding tert-OH is 1. The van der Waals surface area contributed by atoms with Gasteiger partial charge in [-0.05, 0) is 12.0 Å². The molecule has 2 heterocycles. The number of likely N-dealkylation sites (tertiary alicyclic amines) is 1. The van der Waals surface area contributed by atoms with E-state index in [4.69, 9.17) is 4.74 Å². The van der Waals surface area contributed by atoms with E-state index in [0.717, 1.165) is 5.56 Å². The number of nitrogens with zero attached hydrogens (tertiary/aromatic N) is 2. The molecule has 1 aromatic rings. The SMILES string of the molecule is CC1(C)CN(C(=O)N2CCOC[C@H]2c2ccccc2)CC[C@@H]1O. The Morgan fingerprint density at radius 2 is 2.00 bits per heavy atom. The number of urea groups is 1. The van der Waals surface area contributed by atoms with Crippen LogP contribution in [0.4, 0.5) is 4.79 Å². The molecule has 2 atom stereocenters. The molecule has 23 heavy (non-hydrogen) atoms. The molecule has 126 valence electrons. The van der Waals surface area contributed by atoms with Gasteiger partial charge in [0.25, 0.3) is 0 Å². The minimum atomic E-state index is -0.346. The summed E-state index contributed by atoms with van der Waals surface area (Å²) in [5.74, 6) is 0. The first-order chi connectivity index (χ1) is 11.0. The topological polar surface area (TPSA) is 53.0 Å². The number of amides is 2. The van der Waals surface area contributed by atoms with Gasteiger partial charge in [0.05, 0.1) is 25.4 Å². The van der Waals surface area contributed by atoms with Crippen LogP contribution in [0.1, 0.15) is 31.9 Å². The van der Waals surface area contributed by atoms with E-state index in [1.165, 1.54) is 0 Å². The van der Waals surface area contributed by atoms with Crippen molar-refractivity contribution in [3.63, 3.8) is 0 Å². The molecule has 0 spiro atoms. The van der Waals surface area contributed by atoms with Crippen LogP contribution >= 0.6 is 0 Å². The fourth-order valence-corrected chi connectivity index (χ4v) is 3.47. The summed E-state index contributed by atoms with van der Waals surface area (Å²) < 4.78 is 5.61. The van der Waals surface area contributed by atoms with Gasteiger partial charge in [0.2, 0.25) is 0 Å². The quantitative estimate of drug-likeness (QED) is 0.864. The predicted molar refractivity (Wildman–Crippen MR) is 88.1 cm³/mol. The zero-order valence-electron chi connectivity index (χ0n) is 13.9. The molecule has 2 amide bonds. The third-order valence-corrected chi connectivity index (χ3v) is 5.00. The first kappa shape index (κ1) is 16.3. The van der Waals surface area contributed by atoms with E-state index in [2.05, 4.69) is 0 Å². The van der Waals surface area contributed by atoms with Gasteiger partial charge >= 0.3 is 6.03 Å². The molecule has 1 aromatic carbocycles. The molecular formula is C18H26N2O3. The maximum atomic E-state index is 13.0. The number of carbonyl (C=O) groups is 1. The van der Waals surface area contributed by atoms with E-state index in [1.807, 2.05) is 54.0 Å². The van der Waals surface area contributed by atoms with Crippen molar-refractivity contribution in [2.45, 2.75) is 32.4 Å². The second kappa shape index (κ2) is 6.49. The fraction of sp³-hybridized carbons (Fsp3) is 0.611. The molecule has 0 aliphatic carbocycles. The highest BCUT2D eigenvalue weighted by atomic mass is 16.5. The number of benzene rings is 1. The summed E-state index contributed by atoms with van der Waals surface area (Å²) in [6, 6.07) is 10.1. The Balaban J connectivity index is 1.77. The number of hydrogen-bond donors (Lipinski definition) is 1. The molecular weight excluding hydrogens is 292 g/mol. The van der Waals surface area contributed by atoms with Gasteiger partial charge in [0.15, 0.2) is 0 Å². The Kier molecular flexibility index (Phi) is 4.60. The minimum Gasteiger partial charge on any atom is -0.392 e. The van der Waals surface area contributed by atoms with Gasteiger partial charge in [-0.25, -0.2) is 4.79 Å². The first-order valence-corrected chi connectivity index (χ1v) is 8.35. The molecule has 5 nitrogen and oxygen atoms in total. The summed E-state index contributed by atoms with van der Waals surface area (Å²) >= 11 is 0. The summed E-state index contributed by atoms with van der Waals surface area (Å²) in [5, 5.41) is 10.1. The van der Waals surface area contributed by atoms with Crippen LogP contribution in [0.15, 0.2) is 30.3 Å². The molecule has 0 saturated carbocycles. The van der Waals surface area contributed by atoms with Crippen molar-refractivity contribution < 1.29 is 14.6 Å². The van der Waals surface area contributed by atoms with Crippen LogP contribution in [0.5, 0.6) is 0 Å². The van der Waals surface area contributed by atoms with Crippen LogP contribution in [0.25, 0.3) is 0 Å². The number of carbonyl (C=O) groups excluding carboxylic acids is 1. The summed E-state index contributed by atoms with van der Waals surface area (Å²) in [4.78, 5) is 16.9. The highest BCUT2D eigenvalue weighted by Crippen LogP contribution is 2.31. The number of ether oxygens (including phenoxy) is 1. The largest absolute Gasteiger partial charge is 0.392 e. The first-order valence-electron chi connectivity index (χ1n) is 8.35. The molecule has 2 saturated heterocycles. The van der Waals surface area contributed by atoms with Gasteiger partial charge in [0.1, 0.15) is 0 Å². The Morgan fingerprint density at radius 1 is 1.26 bits per heavy atom. The number of hydrogen-bond acceptors (Lipinski definition) is 3. The van der Waals surface area contributed by atoms with Crippen LogP contribution in [0, 0.1) is 5.41 Å². The zero-order valence-corrected chi connectivity index (χ0v) is 13.9. The lowest BCUT2D eigenvalue weighted by atomic mass is 9.81. The Bertz CT molecular complexity index is 546. The molecule has 0 bridgehead atoms. The van der Waals surface area contributed by atoms with E-state index >= 15 is 0 Å². The summed E-state index contributed by atoms with van der Waals surface area (Å²) in [6.07, 6.45) is 0.292. The molecule has 0 unspecified atom stereocenters. The number of morpholine rings is 1. The monoisotopic (exact) mass is 318 g/mol. The van der Waals surface area contributed by atoms with Gasteiger partial charge in [-0.1, -0.05) is 44.2 Å². The number of rotatable bonds is 1. The normalized spacial score (nSPS) is 27.8. The smallest absolute Gasteiger partial charge is 0.320 e. The average molecular weight is 318 g/mol. The molecule has 2 aliphatic heterocycles.